The minimum Gasteiger partial charge on any atom is -0.494 e. The number of carbonyl (C=O) groups is 1. The molecule has 24 heavy (non-hydrogen) atoms. The Bertz CT molecular complexity index is 724. The Morgan fingerprint density at radius 3 is 2.38 bits per heavy atom. The third-order valence-electron chi connectivity index (χ3n) is 3.22. The lowest BCUT2D eigenvalue weighted by molar-refractivity contribution is -0.384. The molecular weight excluding hydrogens is 374 g/mol. The highest BCUT2D eigenvalue weighted by molar-refractivity contribution is 9.09. The number of ketones is 1. The molecule has 0 saturated carbocycles. The van der Waals surface area contributed by atoms with Gasteiger partial charge in [0.2, 0.25) is 0 Å². The zero-order chi connectivity index (χ0) is 17.4. The van der Waals surface area contributed by atoms with E-state index in [2.05, 4.69) is 15.9 Å². The number of nitrogens with zero attached hydrogens (tertiary/aromatic N) is 1. The summed E-state index contributed by atoms with van der Waals surface area (Å²) in [6.45, 7) is 0.624. The molecule has 0 amide bonds. The molecule has 5 nitrogen and oxygen atoms in total. The van der Waals surface area contributed by atoms with Crippen molar-refractivity contribution in [1.29, 1.82) is 0 Å². The lowest BCUT2D eigenvalue weighted by atomic mass is 10.1. The van der Waals surface area contributed by atoms with Crippen molar-refractivity contribution >= 4 is 33.5 Å². The van der Waals surface area contributed by atoms with Crippen LogP contribution >= 0.6 is 15.9 Å². The van der Waals surface area contributed by atoms with E-state index < -0.39 is 4.92 Å². The lowest BCUT2D eigenvalue weighted by Crippen LogP contribution is -1.99. The zero-order valence-electron chi connectivity index (χ0n) is 12.9. The van der Waals surface area contributed by atoms with E-state index >= 15 is 0 Å². The number of hydrogen-bond donors (Lipinski definition) is 0. The van der Waals surface area contributed by atoms with Gasteiger partial charge in [0.25, 0.3) is 5.69 Å². The maximum absolute atomic E-state index is 12.1. The van der Waals surface area contributed by atoms with Gasteiger partial charge >= 0.3 is 0 Å². The quantitative estimate of drug-likeness (QED) is 0.164. The van der Waals surface area contributed by atoms with Crippen LogP contribution in [0.4, 0.5) is 5.69 Å². The fourth-order valence-electron chi connectivity index (χ4n) is 1.94. The van der Waals surface area contributed by atoms with Crippen LogP contribution in [0.5, 0.6) is 5.75 Å². The van der Waals surface area contributed by atoms with E-state index in [4.69, 9.17) is 4.74 Å². The third kappa shape index (κ3) is 5.31. The van der Waals surface area contributed by atoms with Gasteiger partial charge in [0.15, 0.2) is 5.78 Å². The van der Waals surface area contributed by atoms with E-state index in [-0.39, 0.29) is 11.5 Å². The van der Waals surface area contributed by atoms with Gasteiger partial charge in [-0.2, -0.15) is 0 Å². The highest BCUT2D eigenvalue weighted by Crippen LogP contribution is 2.15. The molecular formula is C18H16BrNO4. The molecule has 0 atom stereocenters. The molecule has 0 fully saturated rings. The summed E-state index contributed by atoms with van der Waals surface area (Å²) in [5, 5.41) is 11.5. The van der Waals surface area contributed by atoms with Crippen LogP contribution in [0.2, 0.25) is 0 Å². The number of allylic oxidation sites excluding steroid dienone is 1. The van der Waals surface area contributed by atoms with Gasteiger partial charge < -0.3 is 4.74 Å². The maximum atomic E-state index is 12.1. The van der Waals surface area contributed by atoms with Crippen LogP contribution in [0.1, 0.15) is 22.3 Å². The minimum atomic E-state index is -0.458. The standard InChI is InChI=1S/C18H16BrNO4/c19-12-1-13-24-17-9-5-15(6-10-17)18(21)11-4-14-2-7-16(8-3-14)20(22)23/h2-11H,1,12-13H2. The van der Waals surface area contributed by atoms with Gasteiger partial charge in [-0.3, -0.25) is 14.9 Å². The van der Waals surface area contributed by atoms with Gasteiger partial charge in [0.05, 0.1) is 11.5 Å². The first-order valence-electron chi connectivity index (χ1n) is 7.36. The van der Waals surface area contributed by atoms with Gasteiger partial charge in [-0.25, -0.2) is 0 Å². The second kappa shape index (κ2) is 8.98. The molecule has 0 spiro atoms. The van der Waals surface area contributed by atoms with E-state index in [1.165, 1.54) is 18.2 Å². The van der Waals surface area contributed by atoms with Crippen LogP contribution in [0.15, 0.2) is 54.6 Å². The molecule has 0 bridgehead atoms. The van der Waals surface area contributed by atoms with Crippen molar-refractivity contribution in [3.05, 3.63) is 75.8 Å². The van der Waals surface area contributed by atoms with E-state index in [0.29, 0.717) is 12.2 Å². The van der Waals surface area contributed by atoms with Crippen LogP contribution in [0, 0.1) is 10.1 Å². The second-order valence-electron chi connectivity index (χ2n) is 4.96. The molecule has 0 heterocycles. The van der Waals surface area contributed by atoms with E-state index in [0.717, 1.165) is 23.1 Å². The lowest BCUT2D eigenvalue weighted by Gasteiger charge is -2.05. The van der Waals surface area contributed by atoms with Crippen molar-refractivity contribution in [2.24, 2.45) is 0 Å². The van der Waals surface area contributed by atoms with E-state index in [1.807, 2.05) is 0 Å². The number of carbonyl (C=O) groups excluding carboxylic acids is 1. The van der Waals surface area contributed by atoms with Crippen molar-refractivity contribution < 1.29 is 14.5 Å². The highest BCUT2D eigenvalue weighted by atomic mass is 79.9. The molecule has 0 radical (unpaired) electrons. The van der Waals surface area contributed by atoms with Crippen LogP contribution < -0.4 is 4.74 Å². The second-order valence-corrected chi connectivity index (χ2v) is 5.75. The van der Waals surface area contributed by atoms with Crippen molar-refractivity contribution in [2.45, 2.75) is 6.42 Å². The average Bonchev–Trinajstić information content (AvgIpc) is 2.61. The van der Waals surface area contributed by atoms with Crippen LogP contribution in [0.25, 0.3) is 6.08 Å². The number of non-ortho nitro benzene ring substituents is 1. The van der Waals surface area contributed by atoms with E-state index in [1.54, 1.807) is 42.5 Å². The Morgan fingerprint density at radius 1 is 1.12 bits per heavy atom. The molecule has 0 aliphatic heterocycles. The smallest absolute Gasteiger partial charge is 0.269 e. The largest absolute Gasteiger partial charge is 0.494 e. The van der Waals surface area contributed by atoms with Gasteiger partial charge in [-0.05, 0) is 54.5 Å². The Labute approximate surface area is 148 Å². The molecule has 2 aromatic rings. The van der Waals surface area contributed by atoms with Gasteiger partial charge in [-0.15, -0.1) is 0 Å². The SMILES string of the molecule is O=C(C=Cc1ccc([N+](=O)[O-])cc1)c1ccc(OCCCBr)cc1. The number of rotatable bonds is 8. The third-order valence-corrected chi connectivity index (χ3v) is 3.78. The topological polar surface area (TPSA) is 69.4 Å². The van der Waals surface area contributed by atoms with Gasteiger partial charge in [0, 0.05) is 23.0 Å². The molecule has 0 N–H and O–H groups in total. The van der Waals surface area contributed by atoms with Crippen molar-refractivity contribution in [3.63, 3.8) is 0 Å². The van der Waals surface area contributed by atoms with Gasteiger partial charge in [-0.1, -0.05) is 22.0 Å². The van der Waals surface area contributed by atoms with Crippen molar-refractivity contribution in [2.75, 3.05) is 11.9 Å². The number of nitro benzene ring substituents is 1. The first kappa shape index (κ1) is 17.9. The minimum absolute atomic E-state index is 0.0222. The van der Waals surface area contributed by atoms with E-state index in [9.17, 15) is 14.9 Å². The number of hydrogen-bond acceptors (Lipinski definition) is 4. The Hall–Kier alpha value is -2.47. The maximum Gasteiger partial charge on any atom is 0.269 e. The van der Waals surface area contributed by atoms with Gasteiger partial charge in [0.1, 0.15) is 5.75 Å². The summed E-state index contributed by atoms with van der Waals surface area (Å²) in [7, 11) is 0. The summed E-state index contributed by atoms with van der Waals surface area (Å²) >= 11 is 3.34. The van der Waals surface area contributed by atoms with Crippen LogP contribution in [-0.2, 0) is 0 Å². The van der Waals surface area contributed by atoms with Crippen molar-refractivity contribution in [3.8, 4) is 5.75 Å². The molecule has 0 aromatic heterocycles. The summed E-state index contributed by atoms with van der Waals surface area (Å²) in [4.78, 5) is 22.3. The number of benzene rings is 2. The molecule has 124 valence electrons. The molecule has 2 rings (SSSR count). The number of halogens is 1. The summed E-state index contributed by atoms with van der Waals surface area (Å²) in [6, 6.07) is 13.0. The zero-order valence-corrected chi connectivity index (χ0v) is 14.4. The molecule has 0 aliphatic carbocycles. The first-order chi connectivity index (χ1) is 11.6. The summed E-state index contributed by atoms with van der Waals surface area (Å²) < 4.78 is 5.53. The molecule has 2 aromatic carbocycles. The van der Waals surface area contributed by atoms with Crippen molar-refractivity contribution in [1.82, 2.24) is 0 Å². The number of alkyl halides is 1. The van der Waals surface area contributed by atoms with Crippen LogP contribution in [0.3, 0.4) is 0 Å². The summed E-state index contributed by atoms with van der Waals surface area (Å²) in [6.07, 6.45) is 3.99. The molecule has 0 unspecified atom stereocenters. The number of nitro groups is 1. The summed E-state index contributed by atoms with van der Waals surface area (Å²) in [5.41, 5.74) is 1.30. The number of ether oxygens (including phenoxy) is 1. The monoisotopic (exact) mass is 389 g/mol. The molecule has 0 saturated heterocycles. The molecule has 6 heteroatoms. The predicted molar refractivity (Wildman–Crippen MR) is 96.8 cm³/mol. The Morgan fingerprint density at radius 2 is 1.79 bits per heavy atom. The fraction of sp³-hybridized carbons (Fsp3) is 0.167. The Kier molecular flexibility index (Phi) is 6.69. The Balaban J connectivity index is 1.97. The average molecular weight is 390 g/mol. The predicted octanol–water partition coefficient (Wildman–Crippen LogP) is 4.65. The highest BCUT2D eigenvalue weighted by Gasteiger charge is 2.04. The first-order valence-corrected chi connectivity index (χ1v) is 8.48. The molecule has 0 aliphatic rings. The van der Waals surface area contributed by atoms with Crippen LogP contribution in [-0.4, -0.2) is 22.6 Å². The fourth-order valence-corrected chi connectivity index (χ4v) is 2.16. The normalized spacial score (nSPS) is 10.7. The summed E-state index contributed by atoms with van der Waals surface area (Å²) in [5.74, 6) is 0.590.